The van der Waals surface area contributed by atoms with Crippen molar-refractivity contribution in [1.82, 2.24) is 0 Å². The number of hydrogen-bond donors (Lipinski definition) is 1. The van der Waals surface area contributed by atoms with Gasteiger partial charge < -0.3 is 5.11 Å². The van der Waals surface area contributed by atoms with Gasteiger partial charge in [0.2, 0.25) is 0 Å². The first-order valence-corrected chi connectivity index (χ1v) is 6.84. The Labute approximate surface area is 109 Å². The summed E-state index contributed by atoms with van der Waals surface area (Å²) in [6.45, 7) is 3.82. The van der Waals surface area contributed by atoms with E-state index in [1.165, 1.54) is 12.0 Å². The van der Waals surface area contributed by atoms with Crippen LogP contribution in [0.15, 0.2) is 49.1 Å². The summed E-state index contributed by atoms with van der Waals surface area (Å²) in [5.41, 5.74) is 1.68. The van der Waals surface area contributed by atoms with Gasteiger partial charge in [-0.15, -0.1) is 6.58 Å². The number of benzene rings is 1. The Morgan fingerprint density at radius 2 is 2.11 bits per heavy atom. The van der Waals surface area contributed by atoms with Crippen LogP contribution in [0.2, 0.25) is 0 Å². The zero-order valence-corrected chi connectivity index (χ0v) is 10.7. The van der Waals surface area contributed by atoms with E-state index in [-0.39, 0.29) is 5.92 Å². The van der Waals surface area contributed by atoms with Gasteiger partial charge in [-0.2, -0.15) is 0 Å². The molecule has 1 N–H and O–H groups in total. The summed E-state index contributed by atoms with van der Waals surface area (Å²) < 4.78 is 0. The van der Waals surface area contributed by atoms with Crippen LogP contribution in [-0.2, 0) is 12.0 Å². The molecule has 94 valence electrons. The molecule has 0 radical (unpaired) electrons. The lowest BCUT2D eigenvalue weighted by atomic mass is 9.63. The first-order valence-electron chi connectivity index (χ1n) is 6.84. The molecule has 4 rings (SSSR count). The van der Waals surface area contributed by atoms with E-state index in [0.717, 1.165) is 24.8 Å². The molecule has 2 bridgehead atoms. The van der Waals surface area contributed by atoms with Crippen LogP contribution in [0.1, 0.15) is 30.4 Å². The van der Waals surface area contributed by atoms with Crippen molar-refractivity contribution in [3.05, 3.63) is 60.2 Å². The zero-order chi connectivity index (χ0) is 12.6. The van der Waals surface area contributed by atoms with Gasteiger partial charge in [-0.3, -0.25) is 0 Å². The Morgan fingerprint density at radius 1 is 1.28 bits per heavy atom. The Bertz CT molecular complexity index is 488. The van der Waals surface area contributed by atoms with E-state index in [4.69, 9.17) is 0 Å². The predicted octanol–water partition coefficient (Wildman–Crippen LogP) is 3.59. The SMILES string of the molecule is C=CCc1ccccc1[C@@]1(O)C[C@H]2C=C[C@@H]1CC2. The summed E-state index contributed by atoms with van der Waals surface area (Å²) in [6.07, 6.45) is 10.5. The third-order valence-electron chi connectivity index (χ3n) is 4.50. The Kier molecular flexibility index (Phi) is 2.87. The molecule has 1 aromatic carbocycles. The molecule has 0 heterocycles. The quantitative estimate of drug-likeness (QED) is 0.800. The third kappa shape index (κ3) is 1.74. The fraction of sp³-hybridized carbons (Fsp3) is 0.412. The zero-order valence-electron chi connectivity index (χ0n) is 10.7. The fourth-order valence-electron chi connectivity index (χ4n) is 3.58. The molecule has 1 heteroatoms. The lowest BCUT2D eigenvalue weighted by Crippen LogP contribution is -2.43. The van der Waals surface area contributed by atoms with Crippen molar-refractivity contribution >= 4 is 0 Å². The number of rotatable bonds is 3. The average molecular weight is 240 g/mol. The normalized spacial score (nSPS) is 33.6. The minimum Gasteiger partial charge on any atom is -0.385 e. The van der Waals surface area contributed by atoms with Gasteiger partial charge in [0.15, 0.2) is 0 Å². The number of hydrogen-bond acceptors (Lipinski definition) is 1. The molecule has 0 saturated heterocycles. The van der Waals surface area contributed by atoms with E-state index in [2.05, 4.69) is 30.9 Å². The molecule has 1 saturated carbocycles. The molecule has 3 aliphatic rings. The van der Waals surface area contributed by atoms with Crippen molar-refractivity contribution in [3.63, 3.8) is 0 Å². The molecule has 18 heavy (non-hydrogen) atoms. The number of fused-ring (bicyclic) bond motifs is 2. The van der Waals surface area contributed by atoms with Crippen molar-refractivity contribution in [1.29, 1.82) is 0 Å². The summed E-state index contributed by atoms with van der Waals surface area (Å²) in [5.74, 6) is 0.838. The van der Waals surface area contributed by atoms with Crippen LogP contribution in [0.5, 0.6) is 0 Å². The number of aliphatic hydroxyl groups is 1. The highest BCUT2D eigenvalue weighted by Crippen LogP contribution is 2.49. The molecule has 1 aromatic rings. The first kappa shape index (κ1) is 11.7. The highest BCUT2D eigenvalue weighted by Gasteiger charge is 2.45. The molecule has 0 aromatic heterocycles. The Morgan fingerprint density at radius 3 is 2.72 bits per heavy atom. The van der Waals surface area contributed by atoms with E-state index in [1.54, 1.807) is 0 Å². The predicted molar refractivity (Wildman–Crippen MR) is 74.2 cm³/mol. The molecule has 3 aliphatic carbocycles. The van der Waals surface area contributed by atoms with Gasteiger partial charge in [0.25, 0.3) is 0 Å². The van der Waals surface area contributed by atoms with Crippen LogP contribution in [0.3, 0.4) is 0 Å². The van der Waals surface area contributed by atoms with E-state index in [1.807, 2.05) is 18.2 Å². The maximum Gasteiger partial charge on any atom is 0.0967 e. The van der Waals surface area contributed by atoms with Gasteiger partial charge in [-0.1, -0.05) is 42.5 Å². The lowest BCUT2D eigenvalue weighted by molar-refractivity contribution is -0.0557. The van der Waals surface area contributed by atoms with Crippen LogP contribution in [0, 0.1) is 11.8 Å². The fourth-order valence-corrected chi connectivity index (χ4v) is 3.58. The van der Waals surface area contributed by atoms with Crippen LogP contribution in [-0.4, -0.2) is 5.11 Å². The molecule has 3 atom stereocenters. The molecule has 0 aliphatic heterocycles. The smallest absolute Gasteiger partial charge is 0.0967 e. The summed E-state index contributed by atoms with van der Waals surface area (Å²) in [7, 11) is 0. The van der Waals surface area contributed by atoms with Crippen LogP contribution in [0.25, 0.3) is 0 Å². The van der Waals surface area contributed by atoms with Crippen LogP contribution < -0.4 is 0 Å². The highest BCUT2D eigenvalue weighted by molar-refractivity contribution is 5.37. The molecule has 0 amide bonds. The summed E-state index contributed by atoms with van der Waals surface area (Å²) in [6, 6.07) is 8.28. The summed E-state index contributed by atoms with van der Waals surface area (Å²) >= 11 is 0. The molecule has 0 unspecified atom stereocenters. The van der Waals surface area contributed by atoms with Gasteiger partial charge in [0.05, 0.1) is 5.60 Å². The maximum atomic E-state index is 11.2. The molecule has 1 fully saturated rings. The van der Waals surface area contributed by atoms with E-state index >= 15 is 0 Å². The van der Waals surface area contributed by atoms with Gasteiger partial charge in [-0.05, 0) is 42.7 Å². The highest BCUT2D eigenvalue weighted by atomic mass is 16.3. The van der Waals surface area contributed by atoms with Crippen molar-refractivity contribution in [2.24, 2.45) is 11.8 Å². The van der Waals surface area contributed by atoms with Crippen molar-refractivity contribution in [2.75, 3.05) is 0 Å². The van der Waals surface area contributed by atoms with Crippen molar-refractivity contribution < 1.29 is 5.11 Å². The summed E-state index contributed by atoms with van der Waals surface area (Å²) in [5, 5.41) is 11.2. The topological polar surface area (TPSA) is 20.2 Å². The van der Waals surface area contributed by atoms with Crippen molar-refractivity contribution in [2.45, 2.75) is 31.3 Å². The van der Waals surface area contributed by atoms with E-state index in [9.17, 15) is 5.11 Å². The molecular formula is C17H20O. The second-order valence-corrected chi connectivity index (χ2v) is 5.61. The standard InChI is InChI=1S/C17H20O/c1-2-5-14-6-3-4-7-16(14)17(18)12-13-8-10-15(17)11-9-13/h2-4,6-8,10,13,15,18H,1,5,9,11-12H2/t13-,15+,17+/m0/s1. The lowest BCUT2D eigenvalue weighted by Gasteiger charge is -2.46. The minimum absolute atomic E-state index is 0.286. The minimum atomic E-state index is -0.655. The van der Waals surface area contributed by atoms with Gasteiger partial charge in [0, 0.05) is 5.92 Å². The Balaban J connectivity index is 2.04. The molecular weight excluding hydrogens is 220 g/mol. The van der Waals surface area contributed by atoms with Crippen molar-refractivity contribution in [3.8, 4) is 0 Å². The van der Waals surface area contributed by atoms with Gasteiger partial charge in [0.1, 0.15) is 0 Å². The maximum absolute atomic E-state index is 11.2. The van der Waals surface area contributed by atoms with Gasteiger partial charge >= 0.3 is 0 Å². The third-order valence-corrected chi connectivity index (χ3v) is 4.50. The van der Waals surface area contributed by atoms with E-state index in [0.29, 0.717) is 5.92 Å². The molecule has 0 spiro atoms. The first-order chi connectivity index (χ1) is 8.74. The second-order valence-electron chi connectivity index (χ2n) is 5.61. The second kappa shape index (κ2) is 4.40. The van der Waals surface area contributed by atoms with Crippen LogP contribution >= 0.6 is 0 Å². The monoisotopic (exact) mass is 240 g/mol. The average Bonchev–Trinajstić information content (AvgIpc) is 2.41. The summed E-state index contributed by atoms with van der Waals surface area (Å²) in [4.78, 5) is 0. The number of allylic oxidation sites excluding steroid dienone is 2. The van der Waals surface area contributed by atoms with E-state index < -0.39 is 5.60 Å². The van der Waals surface area contributed by atoms with Gasteiger partial charge in [-0.25, -0.2) is 0 Å². The Hall–Kier alpha value is -1.34. The molecule has 1 nitrogen and oxygen atoms in total. The largest absolute Gasteiger partial charge is 0.385 e. The van der Waals surface area contributed by atoms with Crippen LogP contribution in [0.4, 0.5) is 0 Å².